The number of rotatable bonds is 6. The third-order valence-corrected chi connectivity index (χ3v) is 3.66. The molecule has 1 aromatic carbocycles. The van der Waals surface area contributed by atoms with Gasteiger partial charge in [-0.05, 0) is 24.1 Å². The molecule has 5 atom stereocenters. The number of benzene rings is 1. The van der Waals surface area contributed by atoms with Gasteiger partial charge >= 0.3 is 5.97 Å². The Labute approximate surface area is 138 Å². The molecule has 0 radical (unpaired) electrons. The van der Waals surface area contributed by atoms with Crippen molar-refractivity contribution in [2.45, 2.75) is 37.1 Å². The number of hydrogen-bond acceptors (Lipinski definition) is 7. The van der Waals surface area contributed by atoms with Crippen molar-refractivity contribution < 1.29 is 39.4 Å². The van der Waals surface area contributed by atoms with Crippen molar-refractivity contribution in [1.29, 1.82) is 0 Å². The van der Waals surface area contributed by atoms with Gasteiger partial charge in [-0.25, -0.2) is 4.79 Å². The fourth-order valence-electron chi connectivity index (χ4n) is 2.38. The van der Waals surface area contributed by atoms with Gasteiger partial charge in [0.1, 0.15) is 18.3 Å². The van der Waals surface area contributed by atoms with Crippen molar-refractivity contribution in [2.75, 3.05) is 7.11 Å². The van der Waals surface area contributed by atoms with Crippen LogP contribution in [-0.4, -0.2) is 64.2 Å². The van der Waals surface area contributed by atoms with Gasteiger partial charge in [-0.2, -0.15) is 0 Å². The first-order valence-electron chi connectivity index (χ1n) is 7.26. The van der Waals surface area contributed by atoms with Crippen LogP contribution in [0.15, 0.2) is 30.9 Å². The molecule has 1 aliphatic rings. The maximum atomic E-state index is 11.1. The van der Waals surface area contributed by atoms with Crippen LogP contribution in [0.3, 0.4) is 0 Å². The summed E-state index contributed by atoms with van der Waals surface area (Å²) >= 11 is 0. The lowest BCUT2D eigenvalue weighted by Gasteiger charge is -2.38. The van der Waals surface area contributed by atoms with E-state index in [2.05, 4.69) is 6.58 Å². The monoisotopic (exact) mass is 340 g/mol. The van der Waals surface area contributed by atoms with Crippen molar-refractivity contribution in [2.24, 2.45) is 0 Å². The molecular formula is C16H20O8. The second kappa shape index (κ2) is 7.63. The normalized spacial score (nSPS) is 29.8. The second-order valence-corrected chi connectivity index (χ2v) is 5.33. The average molecular weight is 340 g/mol. The average Bonchev–Trinajstić information content (AvgIpc) is 2.56. The lowest BCUT2D eigenvalue weighted by Crippen LogP contribution is -2.61. The number of hydrogen-bond donors (Lipinski definition) is 4. The van der Waals surface area contributed by atoms with Crippen molar-refractivity contribution in [3.05, 3.63) is 36.4 Å². The molecule has 0 amide bonds. The molecular weight excluding hydrogens is 320 g/mol. The molecule has 24 heavy (non-hydrogen) atoms. The maximum absolute atomic E-state index is 11.1. The van der Waals surface area contributed by atoms with Gasteiger partial charge in [-0.1, -0.05) is 12.1 Å². The Morgan fingerprint density at radius 3 is 2.54 bits per heavy atom. The first kappa shape index (κ1) is 18.2. The van der Waals surface area contributed by atoms with Crippen molar-refractivity contribution in [3.8, 4) is 11.5 Å². The molecule has 132 valence electrons. The minimum Gasteiger partial charge on any atom is -0.493 e. The van der Waals surface area contributed by atoms with Crippen LogP contribution in [0.5, 0.6) is 11.5 Å². The van der Waals surface area contributed by atoms with E-state index in [9.17, 15) is 20.1 Å². The molecule has 8 heteroatoms. The molecule has 1 aromatic rings. The van der Waals surface area contributed by atoms with E-state index in [1.165, 1.54) is 7.11 Å². The number of ether oxygens (including phenoxy) is 3. The smallest absolute Gasteiger partial charge is 0.335 e. The van der Waals surface area contributed by atoms with E-state index in [1.807, 2.05) is 0 Å². The molecule has 1 fully saturated rings. The van der Waals surface area contributed by atoms with E-state index < -0.39 is 36.7 Å². The van der Waals surface area contributed by atoms with Crippen LogP contribution in [0.25, 0.3) is 0 Å². The minimum atomic E-state index is -1.77. The van der Waals surface area contributed by atoms with E-state index in [0.717, 1.165) is 5.56 Å². The topological polar surface area (TPSA) is 126 Å². The number of allylic oxidation sites excluding steroid dienone is 1. The highest BCUT2D eigenvalue weighted by atomic mass is 16.7. The SMILES string of the molecule is C=CCc1ccc(OC2O[C@H](C(=O)O)[C@@H](O)[C@H](O)[C@H]2O)c(OC)c1. The first-order chi connectivity index (χ1) is 11.4. The summed E-state index contributed by atoms with van der Waals surface area (Å²) in [4.78, 5) is 11.1. The molecule has 0 aromatic heterocycles. The van der Waals surface area contributed by atoms with E-state index in [0.29, 0.717) is 12.2 Å². The first-order valence-corrected chi connectivity index (χ1v) is 7.26. The van der Waals surface area contributed by atoms with Crippen LogP contribution in [0, 0.1) is 0 Å². The molecule has 0 aliphatic carbocycles. The van der Waals surface area contributed by atoms with Crippen LogP contribution in [0.4, 0.5) is 0 Å². The molecule has 4 N–H and O–H groups in total. The van der Waals surface area contributed by atoms with Crippen LogP contribution in [-0.2, 0) is 16.0 Å². The highest BCUT2D eigenvalue weighted by molar-refractivity contribution is 5.73. The number of carboxylic acids is 1. The quantitative estimate of drug-likeness (QED) is 0.520. The fraction of sp³-hybridized carbons (Fsp3) is 0.438. The standard InChI is InChI=1S/C16H20O8/c1-3-4-8-5-6-9(10(7-8)22-2)23-16-13(19)11(17)12(18)14(24-16)15(20)21/h3,5-7,11-14,16-19H,1,4H2,2H3,(H,20,21)/t11-,12-,13+,14-,16?/m0/s1. The van der Waals surface area contributed by atoms with Gasteiger partial charge in [0, 0.05) is 0 Å². The summed E-state index contributed by atoms with van der Waals surface area (Å²) in [6.45, 7) is 3.65. The number of aliphatic carboxylic acids is 1. The number of carbonyl (C=O) groups is 1. The Balaban J connectivity index is 2.22. The Kier molecular flexibility index (Phi) is 5.79. The van der Waals surface area contributed by atoms with Gasteiger partial charge in [0.25, 0.3) is 0 Å². The lowest BCUT2D eigenvalue weighted by atomic mass is 9.99. The summed E-state index contributed by atoms with van der Waals surface area (Å²) in [7, 11) is 1.43. The van der Waals surface area contributed by atoms with Gasteiger partial charge in [0.2, 0.25) is 6.29 Å². The lowest BCUT2D eigenvalue weighted by molar-refractivity contribution is -0.271. The highest BCUT2D eigenvalue weighted by Gasteiger charge is 2.48. The zero-order chi connectivity index (χ0) is 17.9. The molecule has 8 nitrogen and oxygen atoms in total. The Morgan fingerprint density at radius 1 is 1.25 bits per heavy atom. The van der Waals surface area contributed by atoms with Gasteiger partial charge < -0.3 is 34.6 Å². The summed E-state index contributed by atoms with van der Waals surface area (Å²) < 4.78 is 15.7. The predicted octanol–water partition coefficient (Wildman–Crippen LogP) is -0.305. The zero-order valence-electron chi connectivity index (χ0n) is 13.0. The van der Waals surface area contributed by atoms with Crippen LogP contribution < -0.4 is 9.47 Å². The molecule has 1 aliphatic heterocycles. The fourth-order valence-corrected chi connectivity index (χ4v) is 2.38. The van der Waals surface area contributed by atoms with Gasteiger partial charge in [0.15, 0.2) is 17.6 Å². The van der Waals surface area contributed by atoms with Gasteiger partial charge in [0.05, 0.1) is 7.11 Å². The van der Waals surface area contributed by atoms with Gasteiger partial charge in [-0.15, -0.1) is 6.58 Å². The Hall–Kier alpha value is -2.13. The Morgan fingerprint density at radius 2 is 1.96 bits per heavy atom. The third-order valence-electron chi connectivity index (χ3n) is 3.66. The van der Waals surface area contributed by atoms with Crippen molar-refractivity contribution in [3.63, 3.8) is 0 Å². The molecule has 2 rings (SSSR count). The van der Waals surface area contributed by atoms with E-state index in [-0.39, 0.29) is 5.75 Å². The van der Waals surface area contributed by atoms with Gasteiger partial charge in [-0.3, -0.25) is 0 Å². The van der Waals surface area contributed by atoms with Crippen LogP contribution >= 0.6 is 0 Å². The molecule has 1 saturated heterocycles. The predicted molar refractivity (Wildman–Crippen MR) is 81.8 cm³/mol. The maximum Gasteiger partial charge on any atom is 0.335 e. The highest BCUT2D eigenvalue weighted by Crippen LogP contribution is 2.32. The van der Waals surface area contributed by atoms with Crippen molar-refractivity contribution >= 4 is 5.97 Å². The number of aliphatic hydroxyl groups excluding tert-OH is 3. The van der Waals surface area contributed by atoms with Crippen molar-refractivity contribution in [1.82, 2.24) is 0 Å². The van der Waals surface area contributed by atoms with E-state index in [4.69, 9.17) is 19.3 Å². The van der Waals surface area contributed by atoms with Crippen LogP contribution in [0.1, 0.15) is 5.56 Å². The zero-order valence-corrected chi connectivity index (χ0v) is 13.0. The molecule has 1 unspecified atom stereocenters. The summed E-state index contributed by atoms with van der Waals surface area (Å²) in [5, 5.41) is 38.4. The van der Waals surface area contributed by atoms with E-state index >= 15 is 0 Å². The number of aliphatic hydroxyl groups is 3. The summed E-state index contributed by atoms with van der Waals surface area (Å²) in [5.41, 5.74) is 0.915. The largest absolute Gasteiger partial charge is 0.493 e. The third kappa shape index (κ3) is 3.68. The summed E-state index contributed by atoms with van der Waals surface area (Å²) in [6, 6.07) is 5.02. The Bertz CT molecular complexity index is 602. The summed E-state index contributed by atoms with van der Waals surface area (Å²) in [5.74, 6) is -0.935. The minimum absolute atomic E-state index is 0.196. The number of carboxylic acid groups (broad SMARTS) is 1. The molecule has 1 heterocycles. The van der Waals surface area contributed by atoms with Crippen LogP contribution in [0.2, 0.25) is 0 Å². The molecule has 0 bridgehead atoms. The second-order valence-electron chi connectivity index (χ2n) is 5.33. The molecule has 0 spiro atoms. The summed E-state index contributed by atoms with van der Waals surface area (Å²) in [6.07, 6.45) is -6.00. The molecule has 0 saturated carbocycles. The van der Waals surface area contributed by atoms with E-state index in [1.54, 1.807) is 24.3 Å². The number of methoxy groups -OCH3 is 1.